The summed E-state index contributed by atoms with van der Waals surface area (Å²) in [6.07, 6.45) is 1.75. The van der Waals surface area contributed by atoms with Crippen molar-refractivity contribution < 1.29 is 0 Å². The van der Waals surface area contributed by atoms with E-state index in [-0.39, 0.29) is 0 Å². The van der Waals surface area contributed by atoms with Gasteiger partial charge in [-0.25, -0.2) is 0 Å². The number of hydrogen-bond acceptors (Lipinski definition) is 2. The minimum atomic E-state index is 0.771. The molecule has 2 N–H and O–H groups in total. The molecule has 0 aliphatic carbocycles. The second-order valence-corrected chi connectivity index (χ2v) is 3.75. The van der Waals surface area contributed by atoms with E-state index in [4.69, 9.17) is 11.6 Å². The molecule has 0 saturated carbocycles. The summed E-state index contributed by atoms with van der Waals surface area (Å²) in [5.74, 6) is 0. The number of H-pyrrole nitrogens is 1. The standard InChI is InChI=1S/C11H12ClN3/c12-10-3-1-9(2-4-10)7-13-8-11-5-6-14-15-11/h1-6,13H,7-8H2,(H,14,15). The lowest BCUT2D eigenvalue weighted by Gasteiger charge is -2.03. The van der Waals surface area contributed by atoms with E-state index in [1.807, 2.05) is 30.3 Å². The van der Waals surface area contributed by atoms with Crippen LogP contribution in [0.25, 0.3) is 0 Å². The van der Waals surface area contributed by atoms with Gasteiger partial charge >= 0.3 is 0 Å². The molecule has 4 heteroatoms. The van der Waals surface area contributed by atoms with E-state index in [0.29, 0.717) is 0 Å². The molecule has 0 unspecified atom stereocenters. The Bertz CT molecular complexity index is 394. The van der Waals surface area contributed by atoms with E-state index in [2.05, 4.69) is 15.5 Å². The van der Waals surface area contributed by atoms with Crippen LogP contribution in [0.4, 0.5) is 0 Å². The topological polar surface area (TPSA) is 40.7 Å². The molecule has 0 bridgehead atoms. The molecule has 1 heterocycles. The highest BCUT2D eigenvalue weighted by Gasteiger charge is 1.94. The molecular weight excluding hydrogens is 210 g/mol. The van der Waals surface area contributed by atoms with Crippen molar-refractivity contribution in [2.75, 3.05) is 0 Å². The molecule has 15 heavy (non-hydrogen) atoms. The number of nitrogens with zero attached hydrogens (tertiary/aromatic N) is 1. The highest BCUT2D eigenvalue weighted by atomic mass is 35.5. The van der Waals surface area contributed by atoms with Gasteiger partial charge in [0.25, 0.3) is 0 Å². The molecule has 3 nitrogen and oxygen atoms in total. The minimum Gasteiger partial charge on any atom is -0.307 e. The van der Waals surface area contributed by atoms with Crippen LogP contribution in [0.15, 0.2) is 36.5 Å². The van der Waals surface area contributed by atoms with Crippen molar-refractivity contribution in [2.24, 2.45) is 0 Å². The average molecular weight is 222 g/mol. The summed E-state index contributed by atoms with van der Waals surface area (Å²) in [5, 5.41) is 10.9. The summed E-state index contributed by atoms with van der Waals surface area (Å²) >= 11 is 5.79. The van der Waals surface area contributed by atoms with Crippen LogP contribution in [-0.4, -0.2) is 10.2 Å². The van der Waals surface area contributed by atoms with Crippen molar-refractivity contribution >= 4 is 11.6 Å². The predicted molar refractivity (Wildman–Crippen MR) is 60.6 cm³/mol. The molecule has 0 fully saturated rings. The van der Waals surface area contributed by atoms with Gasteiger partial charge in [0.1, 0.15) is 0 Å². The zero-order chi connectivity index (χ0) is 10.5. The lowest BCUT2D eigenvalue weighted by molar-refractivity contribution is 0.677. The average Bonchev–Trinajstić information content (AvgIpc) is 2.74. The fourth-order valence-corrected chi connectivity index (χ4v) is 1.45. The summed E-state index contributed by atoms with van der Waals surface area (Å²) in [4.78, 5) is 0. The maximum atomic E-state index is 5.79. The van der Waals surface area contributed by atoms with Gasteiger partial charge in [-0.3, -0.25) is 5.10 Å². The van der Waals surface area contributed by atoms with Crippen LogP contribution in [0.2, 0.25) is 5.02 Å². The maximum absolute atomic E-state index is 5.79. The normalized spacial score (nSPS) is 10.5. The van der Waals surface area contributed by atoms with Crippen LogP contribution in [-0.2, 0) is 13.1 Å². The van der Waals surface area contributed by atoms with Gasteiger partial charge in [-0.2, -0.15) is 5.10 Å². The maximum Gasteiger partial charge on any atom is 0.0490 e. The van der Waals surface area contributed by atoms with Gasteiger partial charge in [0.2, 0.25) is 0 Å². The Morgan fingerprint density at radius 1 is 1.13 bits per heavy atom. The molecule has 0 radical (unpaired) electrons. The van der Waals surface area contributed by atoms with Gasteiger partial charge in [0.15, 0.2) is 0 Å². The number of hydrogen-bond donors (Lipinski definition) is 2. The molecule has 78 valence electrons. The fraction of sp³-hybridized carbons (Fsp3) is 0.182. The smallest absolute Gasteiger partial charge is 0.0490 e. The summed E-state index contributed by atoms with van der Waals surface area (Å²) in [6.45, 7) is 1.62. The van der Waals surface area contributed by atoms with E-state index in [1.54, 1.807) is 6.20 Å². The fourth-order valence-electron chi connectivity index (χ4n) is 1.33. The van der Waals surface area contributed by atoms with Crippen LogP contribution < -0.4 is 5.32 Å². The van der Waals surface area contributed by atoms with Crippen LogP contribution >= 0.6 is 11.6 Å². The zero-order valence-electron chi connectivity index (χ0n) is 8.20. The predicted octanol–water partition coefficient (Wildman–Crippen LogP) is 2.35. The van der Waals surface area contributed by atoms with Gasteiger partial charge in [-0.1, -0.05) is 23.7 Å². The van der Waals surface area contributed by atoms with Crippen molar-refractivity contribution in [3.05, 3.63) is 52.8 Å². The van der Waals surface area contributed by atoms with Crippen LogP contribution in [0, 0.1) is 0 Å². The number of benzene rings is 1. The molecule has 0 amide bonds. The molecule has 2 rings (SSSR count). The Morgan fingerprint density at radius 3 is 2.60 bits per heavy atom. The summed E-state index contributed by atoms with van der Waals surface area (Å²) in [7, 11) is 0. The lowest BCUT2D eigenvalue weighted by atomic mass is 10.2. The molecule has 0 aliphatic rings. The van der Waals surface area contributed by atoms with Crippen LogP contribution in [0.1, 0.15) is 11.3 Å². The first-order chi connectivity index (χ1) is 7.34. The third-order valence-electron chi connectivity index (χ3n) is 2.12. The summed E-state index contributed by atoms with van der Waals surface area (Å²) in [6, 6.07) is 9.78. The number of rotatable bonds is 4. The third-order valence-corrected chi connectivity index (χ3v) is 2.37. The molecule has 0 atom stereocenters. The van der Waals surface area contributed by atoms with Gasteiger partial charge in [-0.15, -0.1) is 0 Å². The van der Waals surface area contributed by atoms with E-state index in [9.17, 15) is 0 Å². The molecule has 1 aromatic heterocycles. The Labute approximate surface area is 93.5 Å². The summed E-state index contributed by atoms with van der Waals surface area (Å²) < 4.78 is 0. The second-order valence-electron chi connectivity index (χ2n) is 3.31. The summed E-state index contributed by atoms with van der Waals surface area (Å²) in [5.41, 5.74) is 2.31. The quantitative estimate of drug-likeness (QED) is 0.832. The van der Waals surface area contributed by atoms with Gasteiger partial charge in [0, 0.05) is 30.0 Å². The Hall–Kier alpha value is -1.32. The highest BCUT2D eigenvalue weighted by molar-refractivity contribution is 6.30. The van der Waals surface area contributed by atoms with Gasteiger partial charge < -0.3 is 5.32 Å². The molecule has 0 aliphatic heterocycles. The molecule has 0 spiro atoms. The number of aromatic amines is 1. The van der Waals surface area contributed by atoms with E-state index >= 15 is 0 Å². The van der Waals surface area contributed by atoms with Crippen molar-refractivity contribution in [1.29, 1.82) is 0 Å². The monoisotopic (exact) mass is 221 g/mol. The van der Waals surface area contributed by atoms with Gasteiger partial charge in [-0.05, 0) is 23.8 Å². The largest absolute Gasteiger partial charge is 0.307 e. The second kappa shape index (κ2) is 4.96. The number of halogens is 1. The Kier molecular flexibility index (Phi) is 3.37. The first-order valence-electron chi connectivity index (χ1n) is 4.78. The first kappa shape index (κ1) is 10.2. The van der Waals surface area contributed by atoms with E-state index in [0.717, 1.165) is 23.8 Å². The lowest BCUT2D eigenvalue weighted by Crippen LogP contribution is -2.12. The third kappa shape index (κ3) is 3.08. The first-order valence-corrected chi connectivity index (χ1v) is 5.16. The van der Waals surface area contributed by atoms with Crippen LogP contribution in [0.5, 0.6) is 0 Å². The Balaban J connectivity index is 1.81. The number of nitrogens with one attached hydrogen (secondary N) is 2. The van der Waals surface area contributed by atoms with Gasteiger partial charge in [0.05, 0.1) is 0 Å². The van der Waals surface area contributed by atoms with Crippen LogP contribution in [0.3, 0.4) is 0 Å². The van der Waals surface area contributed by atoms with Crippen molar-refractivity contribution in [3.8, 4) is 0 Å². The number of aromatic nitrogens is 2. The Morgan fingerprint density at radius 2 is 1.93 bits per heavy atom. The molecule has 2 aromatic rings. The zero-order valence-corrected chi connectivity index (χ0v) is 8.96. The minimum absolute atomic E-state index is 0.771. The highest BCUT2D eigenvalue weighted by Crippen LogP contribution is 2.09. The SMILES string of the molecule is Clc1ccc(CNCc2ccn[nH]2)cc1. The molecular formula is C11H12ClN3. The van der Waals surface area contributed by atoms with Crippen molar-refractivity contribution in [2.45, 2.75) is 13.1 Å². The van der Waals surface area contributed by atoms with E-state index < -0.39 is 0 Å². The van der Waals surface area contributed by atoms with Crippen molar-refractivity contribution in [1.82, 2.24) is 15.5 Å². The van der Waals surface area contributed by atoms with Crippen molar-refractivity contribution in [3.63, 3.8) is 0 Å². The van der Waals surface area contributed by atoms with E-state index in [1.165, 1.54) is 5.56 Å². The molecule has 0 saturated heterocycles. The molecule has 1 aromatic carbocycles.